The van der Waals surface area contributed by atoms with Gasteiger partial charge in [-0.25, -0.2) is 8.99 Å². The zero-order chi connectivity index (χ0) is 24.6. The van der Waals surface area contributed by atoms with E-state index in [4.69, 9.17) is 16.4 Å². The molecule has 2 heterocycles. The summed E-state index contributed by atoms with van der Waals surface area (Å²) in [5.74, 6) is 0.733. The molecule has 2 unspecified atom stereocenters. The van der Waals surface area contributed by atoms with Crippen LogP contribution in [0.2, 0.25) is 5.02 Å². The molecule has 0 radical (unpaired) electrons. The summed E-state index contributed by atoms with van der Waals surface area (Å²) in [4.78, 5) is 27.7. The summed E-state index contributed by atoms with van der Waals surface area (Å²) in [6.45, 7) is 6.64. The minimum Gasteiger partial charge on any atom is -0.387 e. The molecule has 1 aliphatic carbocycles. The van der Waals surface area contributed by atoms with Crippen molar-refractivity contribution < 1.29 is 14.1 Å². The van der Waals surface area contributed by atoms with Gasteiger partial charge < -0.3 is 14.6 Å². The number of piperidine rings is 1. The maximum atomic E-state index is 13.2. The fraction of sp³-hybridized carbons (Fsp3) is 0.750. The Balaban J connectivity index is 1.74. The van der Waals surface area contributed by atoms with Gasteiger partial charge in [-0.1, -0.05) is 64.5 Å². The van der Waals surface area contributed by atoms with Crippen LogP contribution >= 0.6 is 11.6 Å². The molecular weight excluding hydrogens is 462 g/mol. The Labute approximate surface area is 202 Å². The van der Waals surface area contributed by atoms with Crippen molar-refractivity contribution in [3.63, 3.8) is 0 Å². The summed E-state index contributed by atoms with van der Waals surface area (Å²) in [7, 11) is -3.13. The van der Waals surface area contributed by atoms with Crippen LogP contribution in [0.5, 0.6) is 0 Å². The maximum Gasteiger partial charge on any atom is 0.252 e. The van der Waals surface area contributed by atoms with E-state index < -0.39 is 26.3 Å². The zero-order valence-corrected chi connectivity index (χ0v) is 21.8. The van der Waals surface area contributed by atoms with Gasteiger partial charge in [0.15, 0.2) is 0 Å². The van der Waals surface area contributed by atoms with E-state index >= 15 is 0 Å². The fourth-order valence-electron chi connectivity index (χ4n) is 5.40. The van der Waals surface area contributed by atoms with Crippen molar-refractivity contribution in [1.82, 2.24) is 9.47 Å². The highest BCUT2D eigenvalue weighted by molar-refractivity contribution is 7.91. The average Bonchev–Trinajstić information content (AvgIpc) is 2.71. The summed E-state index contributed by atoms with van der Waals surface area (Å²) in [5.41, 5.74) is -2.34. The van der Waals surface area contributed by atoms with E-state index in [1.165, 1.54) is 49.1 Å². The molecule has 3 atom stereocenters. The monoisotopic (exact) mass is 499 g/mol. The van der Waals surface area contributed by atoms with Gasteiger partial charge in [0.25, 0.3) is 5.56 Å². The van der Waals surface area contributed by atoms with Crippen molar-refractivity contribution in [2.45, 2.75) is 82.8 Å². The second-order valence-corrected chi connectivity index (χ2v) is 13.4. The van der Waals surface area contributed by atoms with E-state index in [1.54, 1.807) is 0 Å². The molecule has 3 rings (SSSR count). The predicted octanol–water partition coefficient (Wildman–Crippen LogP) is 4.13. The summed E-state index contributed by atoms with van der Waals surface area (Å²) >= 11 is 6.05. The highest BCUT2D eigenvalue weighted by Gasteiger charge is 2.49. The van der Waals surface area contributed by atoms with Gasteiger partial charge in [0.1, 0.15) is 0 Å². The molecule has 2 fully saturated rings. The van der Waals surface area contributed by atoms with Crippen LogP contribution in [-0.4, -0.2) is 49.6 Å². The van der Waals surface area contributed by atoms with Crippen LogP contribution in [0.4, 0.5) is 0 Å². The molecule has 1 aliphatic heterocycles. The first-order chi connectivity index (χ1) is 15.2. The molecule has 0 aromatic carbocycles. The SMILES string of the molecule is C[C@H](CC1CCCCC1)C(=O)N1CCC(O)(Cn2cc(S(C)(=N)=O)c(Cl)cc2=O)C(C)(C)C1. The third-order valence-corrected chi connectivity index (χ3v) is 9.27. The Kier molecular flexibility index (Phi) is 7.71. The first-order valence-electron chi connectivity index (χ1n) is 11.9. The number of hydrogen-bond acceptors (Lipinski definition) is 5. The van der Waals surface area contributed by atoms with E-state index in [1.807, 2.05) is 25.7 Å². The third kappa shape index (κ3) is 5.82. The minimum absolute atomic E-state index is 0.00244. The standard InChI is InChI=1S/C24H38ClN3O4S/c1-17(12-18-8-6-5-7-9-18)22(30)27-11-10-24(31,23(2,3)15-27)16-28-14-20(33(4,26)32)19(25)13-21(28)29/h13-14,17-18,26,31H,5-12,15-16H2,1-4H3/t17-,24?,33?/m1/s1. The molecule has 7 nitrogen and oxygen atoms in total. The van der Waals surface area contributed by atoms with E-state index in [0.717, 1.165) is 12.5 Å². The van der Waals surface area contributed by atoms with Crippen molar-refractivity contribution >= 4 is 27.2 Å². The Morgan fingerprint density at radius 3 is 2.55 bits per heavy atom. The lowest BCUT2D eigenvalue weighted by atomic mass is 9.69. The van der Waals surface area contributed by atoms with E-state index in [0.29, 0.717) is 25.4 Å². The molecule has 0 spiro atoms. The van der Waals surface area contributed by atoms with E-state index in [2.05, 4.69) is 0 Å². The number of rotatable bonds is 6. The molecule has 1 aromatic heterocycles. The molecule has 2 N–H and O–H groups in total. The van der Waals surface area contributed by atoms with Gasteiger partial charge >= 0.3 is 0 Å². The van der Waals surface area contributed by atoms with Gasteiger partial charge in [-0.05, 0) is 18.8 Å². The molecule has 9 heteroatoms. The Morgan fingerprint density at radius 1 is 1.33 bits per heavy atom. The number of aliphatic hydroxyl groups is 1. The summed E-state index contributed by atoms with van der Waals surface area (Å²) in [5, 5.41) is 11.6. The lowest BCUT2D eigenvalue weighted by Crippen LogP contribution is -2.61. The topological polar surface area (TPSA) is 103 Å². The van der Waals surface area contributed by atoms with Crippen LogP contribution in [0, 0.1) is 22.0 Å². The number of halogens is 1. The Bertz CT molecular complexity index is 1050. The molecule has 1 saturated carbocycles. The number of nitrogens with one attached hydrogen (secondary N) is 1. The summed E-state index contributed by atoms with van der Waals surface area (Å²) < 4.78 is 21.4. The third-order valence-electron chi connectivity index (χ3n) is 7.68. The van der Waals surface area contributed by atoms with Crippen molar-refractivity contribution in [3.05, 3.63) is 27.6 Å². The molecular formula is C24H38ClN3O4S. The second kappa shape index (κ2) is 9.70. The largest absolute Gasteiger partial charge is 0.387 e. The van der Waals surface area contributed by atoms with Gasteiger partial charge in [-0.2, -0.15) is 0 Å². The fourth-order valence-corrected chi connectivity index (χ4v) is 6.74. The first-order valence-corrected chi connectivity index (χ1v) is 14.2. The van der Waals surface area contributed by atoms with Gasteiger partial charge in [-0.3, -0.25) is 9.59 Å². The molecule has 1 amide bonds. The highest BCUT2D eigenvalue weighted by atomic mass is 35.5. The predicted molar refractivity (Wildman–Crippen MR) is 131 cm³/mol. The van der Waals surface area contributed by atoms with Crippen molar-refractivity contribution in [3.8, 4) is 0 Å². The van der Waals surface area contributed by atoms with Crippen LogP contribution < -0.4 is 5.56 Å². The van der Waals surface area contributed by atoms with Crippen molar-refractivity contribution in [2.75, 3.05) is 19.3 Å². The normalized spacial score (nSPS) is 26.5. The van der Waals surface area contributed by atoms with Gasteiger partial charge in [0, 0.05) is 42.9 Å². The van der Waals surface area contributed by atoms with Gasteiger partial charge in [0.2, 0.25) is 5.91 Å². The zero-order valence-electron chi connectivity index (χ0n) is 20.2. The van der Waals surface area contributed by atoms with Crippen LogP contribution in [0.15, 0.2) is 22.0 Å². The second-order valence-electron chi connectivity index (χ2n) is 10.9. The number of pyridine rings is 1. The van der Waals surface area contributed by atoms with Gasteiger partial charge in [0.05, 0.1) is 31.8 Å². The number of likely N-dealkylation sites (tertiary alicyclic amines) is 1. The lowest BCUT2D eigenvalue weighted by molar-refractivity contribution is -0.157. The maximum absolute atomic E-state index is 13.2. The molecule has 0 bridgehead atoms. The average molecular weight is 500 g/mol. The number of amides is 1. The van der Waals surface area contributed by atoms with Crippen LogP contribution in [-0.2, 0) is 21.1 Å². The number of aromatic nitrogens is 1. The first kappa shape index (κ1) is 26.2. The molecule has 186 valence electrons. The smallest absolute Gasteiger partial charge is 0.252 e. The summed E-state index contributed by atoms with van der Waals surface area (Å²) in [6.07, 6.45) is 10.1. The Hall–Kier alpha value is -1.38. The summed E-state index contributed by atoms with van der Waals surface area (Å²) in [6, 6.07) is 1.15. The molecule has 2 aliphatic rings. The van der Waals surface area contributed by atoms with Crippen LogP contribution in [0.3, 0.4) is 0 Å². The Morgan fingerprint density at radius 2 is 1.97 bits per heavy atom. The number of hydrogen-bond donors (Lipinski definition) is 2. The number of carbonyl (C=O) groups is 1. The van der Waals surface area contributed by atoms with Crippen molar-refractivity contribution in [2.24, 2.45) is 17.3 Å². The quantitative estimate of drug-likeness (QED) is 0.614. The highest BCUT2D eigenvalue weighted by Crippen LogP contribution is 2.41. The van der Waals surface area contributed by atoms with Crippen molar-refractivity contribution in [1.29, 1.82) is 4.78 Å². The van der Waals surface area contributed by atoms with Gasteiger partial charge in [-0.15, -0.1) is 0 Å². The van der Waals surface area contributed by atoms with E-state index in [9.17, 15) is 18.9 Å². The lowest BCUT2D eigenvalue weighted by Gasteiger charge is -2.51. The number of nitrogens with zero attached hydrogens (tertiary/aromatic N) is 2. The molecule has 1 aromatic rings. The van der Waals surface area contributed by atoms with Crippen LogP contribution in [0.1, 0.15) is 65.7 Å². The molecule has 33 heavy (non-hydrogen) atoms. The van der Waals surface area contributed by atoms with Crippen LogP contribution in [0.25, 0.3) is 0 Å². The number of carbonyl (C=O) groups excluding carboxylic acids is 1. The van der Waals surface area contributed by atoms with E-state index in [-0.39, 0.29) is 28.3 Å². The minimum atomic E-state index is -3.13. The molecule has 1 saturated heterocycles.